The Morgan fingerprint density at radius 1 is 1.36 bits per heavy atom. The predicted molar refractivity (Wildman–Crippen MR) is 44.5 cm³/mol. The maximum Gasteiger partial charge on any atom is 0.253 e. The second-order valence-electron chi connectivity index (χ2n) is 2.20. The molecule has 0 aromatic heterocycles. The molecule has 0 saturated heterocycles. The lowest BCUT2D eigenvalue weighted by Crippen LogP contribution is -2.21. The van der Waals surface area contributed by atoms with Crippen LogP contribution in [0, 0.1) is 0 Å². The summed E-state index contributed by atoms with van der Waals surface area (Å²) in [6.07, 6.45) is 0. The van der Waals surface area contributed by atoms with Crippen molar-refractivity contribution >= 4 is 5.91 Å². The largest absolute Gasteiger partial charge is 0.345 e. The Bertz CT molecular complexity index is 429. The Balaban J connectivity index is 3.58. The Labute approximate surface area is 73.5 Å². The summed E-state index contributed by atoms with van der Waals surface area (Å²) in [5.41, 5.74) is -0.295. The SMILES string of the molecule is [2H]c1c([2H])c([2H])c(C(=O)N(C)C)c([2H])c1[2H]. The van der Waals surface area contributed by atoms with E-state index in [0.29, 0.717) is 0 Å². The van der Waals surface area contributed by atoms with Crippen LogP contribution in [0.4, 0.5) is 0 Å². The first-order valence-corrected chi connectivity index (χ1v) is 3.07. The molecule has 0 fully saturated rings. The van der Waals surface area contributed by atoms with Crippen molar-refractivity contribution in [2.75, 3.05) is 14.1 Å². The highest BCUT2D eigenvalue weighted by molar-refractivity contribution is 5.93. The quantitative estimate of drug-likeness (QED) is 0.598. The maximum atomic E-state index is 11.7. The van der Waals surface area contributed by atoms with Crippen LogP contribution >= 0.6 is 0 Å². The minimum absolute atomic E-state index is 0.295. The van der Waals surface area contributed by atoms with Crippen LogP contribution in [0.5, 0.6) is 0 Å². The van der Waals surface area contributed by atoms with Crippen LogP contribution < -0.4 is 0 Å². The predicted octanol–water partition coefficient (Wildman–Crippen LogP) is 1.39. The Hall–Kier alpha value is -1.31. The number of nitrogens with zero attached hydrogens (tertiary/aromatic N) is 1. The number of carbonyl (C=O) groups is 1. The van der Waals surface area contributed by atoms with E-state index in [1.165, 1.54) is 19.0 Å². The number of carbonyl (C=O) groups excluding carboxylic acids is 1. The fraction of sp³-hybridized carbons (Fsp3) is 0.222. The molecule has 1 aromatic carbocycles. The van der Waals surface area contributed by atoms with Gasteiger partial charge in [0, 0.05) is 19.7 Å². The zero-order valence-corrected chi connectivity index (χ0v) is 6.36. The van der Waals surface area contributed by atoms with Gasteiger partial charge in [0.15, 0.2) is 0 Å². The molecule has 0 aliphatic carbocycles. The minimum atomic E-state index is -0.600. The van der Waals surface area contributed by atoms with Crippen LogP contribution in [-0.2, 0) is 0 Å². The molecule has 0 heterocycles. The molecular weight excluding hydrogens is 138 g/mol. The van der Waals surface area contributed by atoms with Crippen molar-refractivity contribution in [2.45, 2.75) is 0 Å². The second kappa shape index (κ2) is 3.19. The molecule has 2 nitrogen and oxygen atoms in total. The Morgan fingerprint density at radius 2 is 1.91 bits per heavy atom. The van der Waals surface area contributed by atoms with Crippen LogP contribution in [0.2, 0.25) is 0 Å². The molecule has 0 aliphatic heterocycles. The summed E-state index contributed by atoms with van der Waals surface area (Å²) in [6.45, 7) is 0. The van der Waals surface area contributed by atoms with Crippen LogP contribution in [0.25, 0.3) is 0 Å². The summed E-state index contributed by atoms with van der Waals surface area (Å²) in [7, 11) is 2.92. The zero-order valence-electron chi connectivity index (χ0n) is 11.4. The molecule has 0 saturated carbocycles. The van der Waals surface area contributed by atoms with Gasteiger partial charge in [0.05, 0.1) is 6.85 Å². The molecule has 58 valence electrons. The molecular formula is C9H11NO. The summed E-state index contributed by atoms with van der Waals surface area (Å²) >= 11 is 0. The van der Waals surface area contributed by atoms with Gasteiger partial charge < -0.3 is 4.90 Å². The van der Waals surface area contributed by atoms with Crippen molar-refractivity contribution in [3.05, 3.63) is 35.8 Å². The van der Waals surface area contributed by atoms with Gasteiger partial charge in [0.1, 0.15) is 0 Å². The van der Waals surface area contributed by atoms with E-state index in [-0.39, 0.29) is 5.56 Å². The van der Waals surface area contributed by atoms with E-state index in [1.807, 2.05) is 0 Å². The monoisotopic (exact) mass is 154 g/mol. The van der Waals surface area contributed by atoms with Gasteiger partial charge in [-0.15, -0.1) is 0 Å². The van der Waals surface area contributed by atoms with Gasteiger partial charge in [-0.05, 0) is 12.1 Å². The summed E-state index contributed by atoms with van der Waals surface area (Å²) in [4.78, 5) is 12.8. The number of hydrogen-bond acceptors (Lipinski definition) is 1. The van der Waals surface area contributed by atoms with Gasteiger partial charge in [-0.1, -0.05) is 18.1 Å². The zero-order chi connectivity index (χ0) is 12.6. The molecule has 0 aliphatic rings. The third-order valence-electron chi connectivity index (χ3n) is 1.12. The first kappa shape index (κ1) is 3.39. The smallest absolute Gasteiger partial charge is 0.253 e. The fourth-order valence-electron chi connectivity index (χ4n) is 0.581. The molecule has 0 spiro atoms. The van der Waals surface area contributed by atoms with E-state index >= 15 is 0 Å². The average Bonchev–Trinajstić information content (AvgIpc) is 2.23. The van der Waals surface area contributed by atoms with Crippen LogP contribution in [0.15, 0.2) is 30.2 Å². The van der Waals surface area contributed by atoms with Crippen LogP contribution in [0.3, 0.4) is 0 Å². The van der Waals surface area contributed by atoms with Crippen molar-refractivity contribution < 1.29 is 11.6 Å². The lowest BCUT2D eigenvalue weighted by Gasteiger charge is -2.08. The summed E-state index contributed by atoms with van der Waals surface area (Å²) in [6, 6.07) is -2.42. The van der Waals surface area contributed by atoms with Gasteiger partial charge in [0.25, 0.3) is 5.91 Å². The highest BCUT2D eigenvalue weighted by Gasteiger charge is 2.04. The number of hydrogen-bond donors (Lipinski definition) is 0. The third kappa shape index (κ3) is 1.80. The molecule has 1 aromatic rings. The van der Waals surface area contributed by atoms with Crippen LogP contribution in [-0.4, -0.2) is 24.9 Å². The average molecular weight is 154 g/mol. The second-order valence-corrected chi connectivity index (χ2v) is 2.20. The molecule has 1 rings (SSSR count). The van der Waals surface area contributed by atoms with Crippen LogP contribution in [0.1, 0.15) is 17.2 Å². The standard InChI is InChI=1S/C9H11NO/c1-10(2)9(11)8-6-4-3-5-7-8/h3-7H,1-2H3/i3D,4D,5D,6D,7D. The van der Waals surface area contributed by atoms with E-state index in [0.717, 1.165) is 0 Å². The van der Waals surface area contributed by atoms with Crippen molar-refractivity contribution in [3.63, 3.8) is 0 Å². The highest BCUT2D eigenvalue weighted by Crippen LogP contribution is 2.00. The molecule has 1 amide bonds. The van der Waals surface area contributed by atoms with E-state index < -0.39 is 36.1 Å². The molecule has 0 atom stereocenters. The maximum absolute atomic E-state index is 11.7. The van der Waals surface area contributed by atoms with Crippen molar-refractivity contribution in [1.82, 2.24) is 4.90 Å². The van der Waals surface area contributed by atoms with Gasteiger partial charge >= 0.3 is 0 Å². The van der Waals surface area contributed by atoms with E-state index in [4.69, 9.17) is 6.85 Å². The highest BCUT2D eigenvalue weighted by atomic mass is 16.2. The van der Waals surface area contributed by atoms with Crippen molar-refractivity contribution in [2.24, 2.45) is 0 Å². The lowest BCUT2D eigenvalue weighted by molar-refractivity contribution is 0.0827. The molecule has 0 radical (unpaired) electrons. The number of rotatable bonds is 1. The van der Waals surface area contributed by atoms with E-state index in [2.05, 4.69) is 0 Å². The molecule has 0 unspecified atom stereocenters. The topological polar surface area (TPSA) is 20.3 Å². The summed E-state index contributed by atoms with van der Waals surface area (Å²) < 4.78 is 37.2. The number of amides is 1. The number of benzene rings is 1. The van der Waals surface area contributed by atoms with Gasteiger partial charge in [-0.3, -0.25) is 4.79 Å². The first-order valence-electron chi connectivity index (χ1n) is 5.57. The minimum Gasteiger partial charge on any atom is -0.345 e. The van der Waals surface area contributed by atoms with Gasteiger partial charge in [-0.25, -0.2) is 0 Å². The molecule has 0 bridgehead atoms. The Kier molecular flexibility index (Phi) is 0.984. The van der Waals surface area contributed by atoms with Crippen molar-refractivity contribution in [1.29, 1.82) is 0 Å². The summed E-state index contributed by atoms with van der Waals surface area (Å²) in [5.74, 6) is -0.600. The molecule has 2 heteroatoms. The summed E-state index contributed by atoms with van der Waals surface area (Å²) in [5, 5.41) is 0. The molecule has 11 heavy (non-hydrogen) atoms. The Morgan fingerprint density at radius 3 is 2.36 bits per heavy atom. The third-order valence-corrected chi connectivity index (χ3v) is 1.12. The van der Waals surface area contributed by atoms with Gasteiger partial charge in [0.2, 0.25) is 0 Å². The first-order chi connectivity index (χ1) is 7.29. The molecule has 0 N–H and O–H groups in total. The fourth-order valence-corrected chi connectivity index (χ4v) is 0.581. The normalized spacial score (nSPS) is 15.6. The van der Waals surface area contributed by atoms with Crippen molar-refractivity contribution in [3.8, 4) is 0 Å². The van der Waals surface area contributed by atoms with E-state index in [1.54, 1.807) is 0 Å². The van der Waals surface area contributed by atoms with E-state index in [9.17, 15) is 4.79 Å². The lowest BCUT2D eigenvalue weighted by atomic mass is 10.2. The van der Waals surface area contributed by atoms with Gasteiger partial charge in [-0.2, -0.15) is 0 Å².